The molecule has 4 amide bonds. The van der Waals surface area contributed by atoms with Crippen molar-refractivity contribution in [1.82, 2.24) is 21.3 Å². The van der Waals surface area contributed by atoms with E-state index in [1.807, 2.05) is 0 Å². The number of urea groups is 1. The van der Waals surface area contributed by atoms with E-state index in [2.05, 4.69) is 21.3 Å². The summed E-state index contributed by atoms with van der Waals surface area (Å²) in [6, 6.07) is -0.335. The summed E-state index contributed by atoms with van der Waals surface area (Å²) < 4.78 is 15.9. The number of hydrogen-bond donors (Lipinski definition) is 6. The van der Waals surface area contributed by atoms with E-state index < -0.39 is 23.0 Å². The molecule has 8 N–H and O–H groups in total. The molecule has 0 saturated carbocycles. The Kier molecular flexibility index (Phi) is 10.7. The first-order valence-corrected chi connectivity index (χ1v) is 12.7. The van der Waals surface area contributed by atoms with E-state index in [1.165, 1.54) is 0 Å². The van der Waals surface area contributed by atoms with Crippen LogP contribution in [0.15, 0.2) is 0 Å². The molecule has 0 spiro atoms. The Bertz CT molecular complexity index is 708. The van der Waals surface area contributed by atoms with E-state index in [9.17, 15) is 14.4 Å². The minimum atomic E-state index is -0.966. The molecule has 13 heteroatoms. The molecule has 2 heterocycles. The lowest BCUT2D eigenvalue weighted by Crippen LogP contribution is -2.72. The quantitative estimate of drug-likeness (QED) is 0.140. The van der Waals surface area contributed by atoms with Gasteiger partial charge in [0.25, 0.3) is 0 Å². The van der Waals surface area contributed by atoms with Crippen LogP contribution >= 0.6 is 11.8 Å². The Morgan fingerprint density at radius 2 is 1.71 bits per heavy atom. The van der Waals surface area contributed by atoms with Gasteiger partial charge in [0.15, 0.2) is 0 Å². The molecular weight excluding hydrogens is 464 g/mol. The molecule has 196 valence electrons. The third kappa shape index (κ3) is 8.77. The van der Waals surface area contributed by atoms with Gasteiger partial charge in [-0.05, 0) is 33.6 Å². The highest BCUT2D eigenvalue weighted by Crippen LogP contribution is 2.42. The van der Waals surface area contributed by atoms with Gasteiger partial charge in [0, 0.05) is 30.5 Å². The summed E-state index contributed by atoms with van der Waals surface area (Å²) in [5.74, 6) is 0.528. The molecule has 34 heavy (non-hydrogen) atoms. The second kappa shape index (κ2) is 12.8. The van der Waals surface area contributed by atoms with Crippen molar-refractivity contribution in [3.8, 4) is 0 Å². The number of ether oxygens (including phenoxy) is 3. The van der Waals surface area contributed by atoms with Gasteiger partial charge in [0.2, 0.25) is 5.91 Å². The van der Waals surface area contributed by atoms with Crippen LogP contribution in [-0.4, -0.2) is 85.5 Å². The Labute approximate surface area is 205 Å². The first-order chi connectivity index (χ1) is 16.0. The summed E-state index contributed by atoms with van der Waals surface area (Å²) in [6.45, 7) is 7.74. The Hall–Kier alpha value is -1.80. The highest BCUT2D eigenvalue weighted by molar-refractivity contribution is 8.00. The van der Waals surface area contributed by atoms with E-state index in [-0.39, 0.29) is 17.2 Å². The van der Waals surface area contributed by atoms with Crippen molar-refractivity contribution in [2.45, 2.75) is 68.6 Å². The zero-order valence-corrected chi connectivity index (χ0v) is 21.2. The van der Waals surface area contributed by atoms with Crippen molar-refractivity contribution in [3.63, 3.8) is 0 Å². The third-order valence-corrected chi connectivity index (χ3v) is 7.02. The van der Waals surface area contributed by atoms with Crippen LogP contribution in [0.5, 0.6) is 0 Å². The fourth-order valence-electron chi connectivity index (χ4n) is 3.66. The smallest absolute Gasteiger partial charge is 0.407 e. The molecule has 0 radical (unpaired) electrons. The molecule has 0 aromatic rings. The lowest BCUT2D eigenvalue weighted by atomic mass is 9.91. The summed E-state index contributed by atoms with van der Waals surface area (Å²) in [6.07, 6.45) is 2.25. The largest absolute Gasteiger partial charge is 0.444 e. The fraction of sp³-hybridized carbons (Fsp3) is 0.857. The van der Waals surface area contributed by atoms with Crippen molar-refractivity contribution in [2.24, 2.45) is 11.5 Å². The normalized spacial score (nSPS) is 25.9. The topological polar surface area (TPSA) is 179 Å². The minimum absolute atomic E-state index is 0.00298. The zero-order chi connectivity index (χ0) is 25.2. The SMILES string of the molecule is CC(C)(C)OC(=O)NCCOCCOCCNC(=O)CCCC[C@@H]1SC[C@]2(N)NC(=O)N[C@]12N. The van der Waals surface area contributed by atoms with Crippen LogP contribution in [0.2, 0.25) is 0 Å². The highest BCUT2D eigenvalue weighted by atomic mass is 32.2. The lowest BCUT2D eigenvalue weighted by Gasteiger charge is -2.35. The summed E-state index contributed by atoms with van der Waals surface area (Å²) in [5, 5.41) is 10.9. The molecule has 2 rings (SSSR count). The first kappa shape index (κ1) is 28.4. The summed E-state index contributed by atoms with van der Waals surface area (Å²) in [7, 11) is 0. The van der Waals surface area contributed by atoms with E-state index in [0.717, 1.165) is 19.3 Å². The van der Waals surface area contributed by atoms with Gasteiger partial charge in [-0.2, -0.15) is 11.8 Å². The van der Waals surface area contributed by atoms with Crippen LogP contribution < -0.4 is 32.7 Å². The summed E-state index contributed by atoms with van der Waals surface area (Å²) >= 11 is 1.64. The number of amides is 4. The maximum Gasteiger partial charge on any atom is 0.407 e. The molecule has 0 aromatic carbocycles. The van der Waals surface area contributed by atoms with Gasteiger partial charge in [-0.15, -0.1) is 0 Å². The van der Waals surface area contributed by atoms with E-state index >= 15 is 0 Å². The van der Waals surface area contributed by atoms with Gasteiger partial charge in [0.1, 0.15) is 16.9 Å². The molecular formula is C21H40N6O6S. The van der Waals surface area contributed by atoms with Crippen LogP contribution in [0.4, 0.5) is 9.59 Å². The number of carbonyl (C=O) groups excluding carboxylic acids is 3. The van der Waals surface area contributed by atoms with Crippen molar-refractivity contribution >= 4 is 29.8 Å². The van der Waals surface area contributed by atoms with Crippen molar-refractivity contribution in [2.75, 3.05) is 45.3 Å². The predicted molar refractivity (Wildman–Crippen MR) is 129 cm³/mol. The zero-order valence-electron chi connectivity index (χ0n) is 20.4. The number of nitrogens with two attached hydrogens (primary N) is 2. The number of unbranched alkanes of at least 4 members (excludes halogenated alkanes) is 1. The average Bonchev–Trinajstić information content (AvgIpc) is 3.09. The van der Waals surface area contributed by atoms with Gasteiger partial charge >= 0.3 is 12.1 Å². The maximum absolute atomic E-state index is 12.0. The second-order valence-corrected chi connectivity index (χ2v) is 10.7. The molecule has 0 aromatic heterocycles. The Morgan fingerprint density at radius 3 is 2.35 bits per heavy atom. The van der Waals surface area contributed by atoms with Crippen LogP contribution in [-0.2, 0) is 19.0 Å². The monoisotopic (exact) mass is 504 g/mol. The fourth-order valence-corrected chi connectivity index (χ4v) is 5.30. The first-order valence-electron chi connectivity index (χ1n) is 11.6. The van der Waals surface area contributed by atoms with Crippen LogP contribution in [0.1, 0.15) is 46.5 Å². The number of nitrogens with one attached hydrogen (secondary N) is 4. The minimum Gasteiger partial charge on any atom is -0.444 e. The molecule has 0 unspecified atom stereocenters. The second-order valence-electron chi connectivity index (χ2n) is 9.47. The maximum atomic E-state index is 12.0. The average molecular weight is 505 g/mol. The number of rotatable bonds is 14. The van der Waals surface area contributed by atoms with Gasteiger partial charge in [-0.3, -0.25) is 4.79 Å². The third-order valence-electron chi connectivity index (χ3n) is 5.39. The predicted octanol–water partition coefficient (Wildman–Crippen LogP) is -0.0409. The van der Waals surface area contributed by atoms with Crippen LogP contribution in [0, 0.1) is 0 Å². The van der Waals surface area contributed by atoms with Crippen molar-refractivity contribution < 1.29 is 28.6 Å². The number of thioether (sulfide) groups is 1. The van der Waals surface area contributed by atoms with E-state index in [0.29, 0.717) is 51.7 Å². The van der Waals surface area contributed by atoms with Crippen LogP contribution in [0.3, 0.4) is 0 Å². The van der Waals surface area contributed by atoms with Crippen LogP contribution in [0.25, 0.3) is 0 Å². The van der Waals surface area contributed by atoms with Gasteiger partial charge in [-0.25, -0.2) is 9.59 Å². The van der Waals surface area contributed by atoms with E-state index in [1.54, 1.807) is 32.5 Å². The Morgan fingerprint density at radius 1 is 1.06 bits per heavy atom. The molecule has 0 aliphatic carbocycles. The number of alkyl carbamates (subject to hydrolysis) is 1. The summed E-state index contributed by atoms with van der Waals surface area (Å²) in [4.78, 5) is 35.1. The Balaban J connectivity index is 1.40. The standard InChI is InChI=1S/C21H40N6O6S/c1-19(2,3)33-18(30)25-9-11-32-13-12-31-10-8-24-16(28)7-5-4-6-15-21(23)20(22,14-34-15)26-17(29)27-21/h15H,4-14,22-23H2,1-3H3,(H,24,28)(H,25,30)(H2,26,27,29)/t15-,20-,21+/m0/s1. The van der Waals surface area contributed by atoms with Gasteiger partial charge < -0.3 is 46.9 Å². The molecule has 2 saturated heterocycles. The molecule has 2 aliphatic heterocycles. The van der Waals surface area contributed by atoms with Gasteiger partial charge in [-0.1, -0.05) is 6.42 Å². The molecule has 2 aliphatic rings. The van der Waals surface area contributed by atoms with Crippen molar-refractivity contribution in [3.05, 3.63) is 0 Å². The number of fused-ring (bicyclic) bond motifs is 1. The highest BCUT2D eigenvalue weighted by Gasteiger charge is 2.62. The lowest BCUT2D eigenvalue weighted by molar-refractivity contribution is -0.121. The number of hydrogen-bond acceptors (Lipinski definition) is 9. The molecule has 0 bridgehead atoms. The van der Waals surface area contributed by atoms with Gasteiger partial charge in [0.05, 0.1) is 26.4 Å². The van der Waals surface area contributed by atoms with E-state index in [4.69, 9.17) is 25.7 Å². The molecule has 3 atom stereocenters. The summed E-state index contributed by atoms with van der Waals surface area (Å²) in [5.41, 5.74) is 10.2. The number of carbonyl (C=O) groups is 3. The van der Waals surface area contributed by atoms with Crippen molar-refractivity contribution in [1.29, 1.82) is 0 Å². The molecule has 2 fully saturated rings. The molecule has 12 nitrogen and oxygen atoms in total.